The Morgan fingerprint density at radius 3 is 2.42 bits per heavy atom. The number of imide groups is 1. The van der Waals surface area contributed by atoms with Crippen molar-refractivity contribution in [3.8, 4) is 0 Å². The summed E-state index contributed by atoms with van der Waals surface area (Å²) < 4.78 is 0. The Labute approximate surface area is 76.7 Å². The van der Waals surface area contributed by atoms with Gasteiger partial charge in [0.05, 0.1) is 0 Å². The highest BCUT2D eigenvalue weighted by molar-refractivity contribution is 7.80. The molecule has 1 heterocycles. The van der Waals surface area contributed by atoms with Crippen molar-refractivity contribution in [2.24, 2.45) is 0 Å². The molecule has 0 aromatic heterocycles. The summed E-state index contributed by atoms with van der Waals surface area (Å²) in [6, 6.07) is -0.320. The van der Waals surface area contributed by atoms with E-state index in [0.717, 1.165) is 0 Å². The van der Waals surface area contributed by atoms with Crippen molar-refractivity contribution in [1.82, 2.24) is 10.2 Å². The van der Waals surface area contributed by atoms with E-state index in [4.69, 9.17) is 0 Å². The number of rotatable bonds is 2. The number of amides is 3. The molecule has 12 heavy (non-hydrogen) atoms. The number of carbonyl (C=O) groups excluding carboxylic acids is 2. The molecule has 0 saturated carbocycles. The number of hydrogen-bond donors (Lipinski definition) is 2. The molecule has 1 N–H and O–H groups in total. The summed E-state index contributed by atoms with van der Waals surface area (Å²) in [5, 5.41) is 2.58. The number of nitrogens with zero attached hydrogens (tertiary/aromatic N) is 1. The minimum atomic E-state index is -0.750. The van der Waals surface area contributed by atoms with Gasteiger partial charge >= 0.3 is 6.03 Å². The monoisotopic (exact) mass is 188 g/mol. The lowest BCUT2D eigenvalue weighted by Gasteiger charge is -2.14. The van der Waals surface area contributed by atoms with Crippen molar-refractivity contribution in [1.29, 1.82) is 0 Å². The van der Waals surface area contributed by atoms with Crippen LogP contribution in [0.1, 0.15) is 13.8 Å². The summed E-state index contributed by atoms with van der Waals surface area (Å²) in [6.45, 7) is 3.74. The van der Waals surface area contributed by atoms with Crippen LogP contribution >= 0.6 is 12.6 Å². The van der Waals surface area contributed by atoms with Crippen molar-refractivity contribution in [3.63, 3.8) is 0 Å². The zero-order chi connectivity index (χ0) is 9.35. The van der Waals surface area contributed by atoms with Crippen molar-refractivity contribution < 1.29 is 9.59 Å². The molecule has 1 fully saturated rings. The number of carbonyl (C=O) groups is 2. The first kappa shape index (κ1) is 9.38. The van der Waals surface area contributed by atoms with E-state index in [2.05, 4.69) is 17.9 Å². The molecule has 0 aromatic rings. The Morgan fingerprint density at radius 1 is 1.50 bits per heavy atom. The fraction of sp³-hybridized carbons (Fsp3) is 0.714. The van der Waals surface area contributed by atoms with E-state index in [9.17, 15) is 9.59 Å². The lowest BCUT2D eigenvalue weighted by molar-refractivity contribution is -0.130. The summed E-state index contributed by atoms with van der Waals surface area (Å²) in [6.07, 6.45) is 0. The second kappa shape index (κ2) is 2.97. The molecular weight excluding hydrogens is 176 g/mol. The third-order valence-electron chi connectivity index (χ3n) is 1.77. The number of hydrogen-bond acceptors (Lipinski definition) is 3. The fourth-order valence-electron chi connectivity index (χ4n) is 1.12. The van der Waals surface area contributed by atoms with Crippen LogP contribution in [0.25, 0.3) is 0 Å². The number of nitrogens with one attached hydrogen (secondary N) is 1. The van der Waals surface area contributed by atoms with Gasteiger partial charge in [-0.05, 0) is 13.8 Å². The molecular formula is C7H12N2O2S. The Morgan fingerprint density at radius 2 is 2.08 bits per heavy atom. The Bertz CT molecular complexity index is 227. The molecule has 1 rings (SSSR count). The topological polar surface area (TPSA) is 49.4 Å². The normalized spacial score (nSPS) is 21.4. The quantitative estimate of drug-likeness (QED) is 0.482. The van der Waals surface area contributed by atoms with Crippen LogP contribution in [0.4, 0.5) is 4.79 Å². The fourth-order valence-corrected chi connectivity index (χ4v) is 1.32. The Kier molecular flexibility index (Phi) is 2.32. The largest absolute Gasteiger partial charge is 0.325 e. The lowest BCUT2D eigenvalue weighted by atomic mass is 10.1. The minimum absolute atomic E-state index is 0.179. The highest BCUT2D eigenvalue weighted by atomic mass is 32.1. The van der Waals surface area contributed by atoms with Crippen molar-refractivity contribution >= 4 is 24.6 Å². The van der Waals surface area contributed by atoms with Crippen LogP contribution in [0.3, 0.4) is 0 Å². The van der Waals surface area contributed by atoms with Gasteiger partial charge in [-0.2, -0.15) is 12.6 Å². The third kappa shape index (κ3) is 1.41. The highest BCUT2D eigenvalue weighted by Crippen LogP contribution is 2.15. The van der Waals surface area contributed by atoms with E-state index in [1.165, 1.54) is 4.90 Å². The van der Waals surface area contributed by atoms with Gasteiger partial charge in [-0.1, -0.05) is 0 Å². The molecule has 1 saturated heterocycles. The summed E-state index contributed by atoms with van der Waals surface area (Å²) in [5.41, 5.74) is -0.750. The van der Waals surface area contributed by atoms with Crippen LogP contribution in [-0.4, -0.2) is 34.7 Å². The molecule has 68 valence electrons. The maximum absolute atomic E-state index is 11.4. The molecule has 0 atom stereocenters. The molecule has 0 spiro atoms. The molecule has 0 radical (unpaired) electrons. The van der Waals surface area contributed by atoms with E-state index in [-0.39, 0.29) is 11.9 Å². The molecule has 5 heteroatoms. The van der Waals surface area contributed by atoms with E-state index >= 15 is 0 Å². The second-order valence-electron chi connectivity index (χ2n) is 3.24. The van der Waals surface area contributed by atoms with Crippen LogP contribution in [0.2, 0.25) is 0 Å². The van der Waals surface area contributed by atoms with E-state index in [1.54, 1.807) is 13.8 Å². The first-order chi connectivity index (χ1) is 5.49. The van der Waals surface area contributed by atoms with E-state index in [0.29, 0.717) is 12.3 Å². The Hall–Kier alpha value is -0.710. The van der Waals surface area contributed by atoms with Gasteiger partial charge in [-0.15, -0.1) is 0 Å². The van der Waals surface area contributed by atoms with Gasteiger partial charge in [0.2, 0.25) is 0 Å². The molecule has 0 aromatic carbocycles. The summed E-state index contributed by atoms with van der Waals surface area (Å²) in [5.74, 6) is 0.316. The smallest absolute Gasteiger partial charge is 0.324 e. The van der Waals surface area contributed by atoms with Crippen molar-refractivity contribution in [3.05, 3.63) is 0 Å². The van der Waals surface area contributed by atoms with Crippen LogP contribution < -0.4 is 5.32 Å². The maximum Gasteiger partial charge on any atom is 0.325 e. The Balaban J connectivity index is 2.78. The molecule has 3 amide bonds. The molecule has 0 bridgehead atoms. The van der Waals surface area contributed by atoms with Crippen molar-refractivity contribution in [2.75, 3.05) is 12.3 Å². The molecule has 1 aliphatic heterocycles. The first-order valence-corrected chi connectivity index (χ1v) is 4.37. The first-order valence-electron chi connectivity index (χ1n) is 3.74. The van der Waals surface area contributed by atoms with Gasteiger partial charge in [0.25, 0.3) is 5.91 Å². The predicted molar refractivity (Wildman–Crippen MR) is 48.2 cm³/mol. The van der Waals surface area contributed by atoms with Gasteiger partial charge < -0.3 is 5.32 Å². The standard InChI is InChI=1S/C7H12N2O2S/c1-7(2)5(10)9(3-4-12)6(11)8-7/h12H,3-4H2,1-2H3,(H,8,11). The summed E-state index contributed by atoms with van der Waals surface area (Å²) >= 11 is 3.96. The highest BCUT2D eigenvalue weighted by Gasteiger charge is 2.43. The molecule has 0 unspecified atom stereocenters. The molecule has 0 aliphatic carbocycles. The van der Waals surface area contributed by atoms with Gasteiger partial charge in [0.1, 0.15) is 5.54 Å². The zero-order valence-electron chi connectivity index (χ0n) is 7.13. The van der Waals surface area contributed by atoms with Crippen LogP contribution in [-0.2, 0) is 4.79 Å². The SMILES string of the molecule is CC1(C)NC(=O)N(CCS)C1=O. The van der Waals surface area contributed by atoms with E-state index < -0.39 is 5.54 Å². The van der Waals surface area contributed by atoms with Gasteiger partial charge in [0, 0.05) is 12.3 Å². The predicted octanol–water partition coefficient (Wildman–Crippen LogP) is 0.247. The third-order valence-corrected chi connectivity index (χ3v) is 1.97. The van der Waals surface area contributed by atoms with Crippen LogP contribution in [0.5, 0.6) is 0 Å². The van der Waals surface area contributed by atoms with Gasteiger partial charge in [0.15, 0.2) is 0 Å². The van der Waals surface area contributed by atoms with E-state index in [1.807, 2.05) is 0 Å². The average Bonchev–Trinajstić information content (AvgIpc) is 2.13. The molecule has 1 aliphatic rings. The average molecular weight is 188 g/mol. The lowest BCUT2D eigenvalue weighted by Crippen LogP contribution is -2.40. The molecule has 4 nitrogen and oxygen atoms in total. The van der Waals surface area contributed by atoms with Gasteiger partial charge in [-0.3, -0.25) is 9.69 Å². The van der Waals surface area contributed by atoms with Crippen molar-refractivity contribution in [2.45, 2.75) is 19.4 Å². The van der Waals surface area contributed by atoms with Crippen LogP contribution in [0.15, 0.2) is 0 Å². The van der Waals surface area contributed by atoms with Crippen LogP contribution in [0, 0.1) is 0 Å². The summed E-state index contributed by atoms with van der Waals surface area (Å²) in [4.78, 5) is 23.8. The van der Waals surface area contributed by atoms with Gasteiger partial charge in [-0.25, -0.2) is 4.79 Å². The maximum atomic E-state index is 11.4. The summed E-state index contributed by atoms with van der Waals surface area (Å²) in [7, 11) is 0. The minimum Gasteiger partial charge on any atom is -0.324 e. The zero-order valence-corrected chi connectivity index (χ0v) is 8.02. The number of urea groups is 1. The second-order valence-corrected chi connectivity index (χ2v) is 3.68. The number of thiol groups is 1.